The van der Waals surface area contributed by atoms with Crippen LogP contribution in [0.25, 0.3) is 10.9 Å². The molecule has 0 aliphatic heterocycles. The van der Waals surface area contributed by atoms with Crippen molar-refractivity contribution in [2.45, 2.75) is 39.7 Å². The molecule has 0 amide bonds. The Hall–Kier alpha value is -3.47. The fourth-order valence-corrected chi connectivity index (χ4v) is 4.70. The summed E-state index contributed by atoms with van der Waals surface area (Å²) in [6.45, 7) is 7.69. The van der Waals surface area contributed by atoms with E-state index in [1.54, 1.807) is 43.3 Å². The molecule has 0 saturated carbocycles. The van der Waals surface area contributed by atoms with Gasteiger partial charge in [-0.05, 0) is 43.3 Å². The van der Waals surface area contributed by atoms with Crippen molar-refractivity contribution in [1.82, 2.24) is 9.66 Å². The summed E-state index contributed by atoms with van der Waals surface area (Å²) in [6, 6.07) is 13.0. The highest BCUT2D eigenvalue weighted by Crippen LogP contribution is 2.39. The topological polar surface area (TPSA) is 109 Å². The minimum Gasteiger partial charge on any atom is -0.490 e. The summed E-state index contributed by atoms with van der Waals surface area (Å²) in [5, 5.41) is 17.7. The standard InChI is InChI=1S/C28H25BrCl2N4O5/c1-5-39-24-11-16(10-23(35(37)38)25(24)40-15-17-6-8-19(30)13-21(17)31)14-32-34-26(36)20-12-18(29)7-9-22(20)33-27(34)28(2,3)4/h6-14H,5,15H2,1-4H3. The number of hydrogen-bond acceptors (Lipinski definition) is 7. The van der Waals surface area contributed by atoms with Crippen LogP contribution in [0.1, 0.15) is 44.6 Å². The van der Waals surface area contributed by atoms with Crippen LogP contribution in [0, 0.1) is 10.1 Å². The third-order valence-electron chi connectivity index (χ3n) is 5.74. The van der Waals surface area contributed by atoms with E-state index in [0.29, 0.717) is 37.9 Å². The normalized spacial score (nSPS) is 11.8. The summed E-state index contributed by atoms with van der Waals surface area (Å²) in [5.74, 6) is 0.523. The molecule has 0 fully saturated rings. The van der Waals surface area contributed by atoms with Gasteiger partial charge in [-0.3, -0.25) is 14.9 Å². The summed E-state index contributed by atoms with van der Waals surface area (Å²) in [5.41, 5.74) is 0.237. The smallest absolute Gasteiger partial charge is 0.315 e. The van der Waals surface area contributed by atoms with E-state index in [1.165, 1.54) is 17.0 Å². The van der Waals surface area contributed by atoms with Gasteiger partial charge in [0, 0.05) is 37.1 Å². The Kier molecular flexibility index (Phi) is 8.82. The minimum absolute atomic E-state index is 0.0486. The Morgan fingerprint density at radius 1 is 1.12 bits per heavy atom. The molecular formula is C28H25BrCl2N4O5. The lowest BCUT2D eigenvalue weighted by molar-refractivity contribution is -0.386. The Morgan fingerprint density at radius 3 is 2.52 bits per heavy atom. The van der Waals surface area contributed by atoms with E-state index in [4.69, 9.17) is 32.7 Å². The predicted octanol–water partition coefficient (Wildman–Crippen LogP) is 7.53. The minimum atomic E-state index is -0.569. The SMILES string of the molecule is CCOc1cc(C=Nn2c(C(C)(C)C)nc3ccc(Br)cc3c2=O)cc([N+](=O)[O-])c1OCc1ccc(Cl)cc1Cl. The molecule has 0 unspecified atom stereocenters. The largest absolute Gasteiger partial charge is 0.490 e. The van der Waals surface area contributed by atoms with Gasteiger partial charge in [0.25, 0.3) is 5.56 Å². The van der Waals surface area contributed by atoms with Crippen LogP contribution in [0.5, 0.6) is 11.5 Å². The van der Waals surface area contributed by atoms with Gasteiger partial charge in [-0.1, -0.05) is 66.0 Å². The first kappa shape index (κ1) is 29.5. The molecule has 9 nitrogen and oxygen atoms in total. The van der Waals surface area contributed by atoms with Gasteiger partial charge in [-0.25, -0.2) is 4.98 Å². The third-order valence-corrected chi connectivity index (χ3v) is 6.82. The highest BCUT2D eigenvalue weighted by molar-refractivity contribution is 9.10. The number of nitro benzene ring substituents is 1. The molecular weight excluding hydrogens is 623 g/mol. The van der Waals surface area contributed by atoms with Crippen LogP contribution in [0.15, 0.2) is 62.9 Å². The maximum atomic E-state index is 13.5. The monoisotopic (exact) mass is 646 g/mol. The molecule has 0 spiro atoms. The molecule has 0 N–H and O–H groups in total. The molecule has 4 aromatic rings. The molecule has 40 heavy (non-hydrogen) atoms. The molecule has 4 rings (SSSR count). The molecule has 0 aliphatic rings. The molecule has 0 bridgehead atoms. The second-order valence-corrected chi connectivity index (χ2v) is 11.5. The maximum absolute atomic E-state index is 13.5. The molecule has 1 aromatic heterocycles. The van der Waals surface area contributed by atoms with Crippen LogP contribution < -0.4 is 15.0 Å². The number of benzene rings is 3. The average molecular weight is 648 g/mol. The van der Waals surface area contributed by atoms with Crippen molar-refractivity contribution in [3.05, 3.63) is 100 Å². The summed E-state index contributed by atoms with van der Waals surface area (Å²) in [4.78, 5) is 29.6. The van der Waals surface area contributed by atoms with Crippen molar-refractivity contribution in [2.75, 3.05) is 6.61 Å². The van der Waals surface area contributed by atoms with Gasteiger partial charge in [0.05, 0.1) is 28.6 Å². The zero-order chi connectivity index (χ0) is 29.2. The quantitative estimate of drug-likeness (QED) is 0.111. The molecule has 208 valence electrons. The first-order chi connectivity index (χ1) is 18.9. The van der Waals surface area contributed by atoms with Crippen molar-refractivity contribution in [3.8, 4) is 11.5 Å². The number of aromatic nitrogens is 2. The van der Waals surface area contributed by atoms with Gasteiger partial charge in [0.1, 0.15) is 12.4 Å². The van der Waals surface area contributed by atoms with Crippen LogP contribution in [0.2, 0.25) is 10.0 Å². The molecule has 0 saturated heterocycles. The highest BCUT2D eigenvalue weighted by atomic mass is 79.9. The van der Waals surface area contributed by atoms with Gasteiger partial charge in [0.2, 0.25) is 5.75 Å². The molecule has 0 aliphatic carbocycles. The van der Waals surface area contributed by atoms with Crippen LogP contribution >= 0.6 is 39.1 Å². The van der Waals surface area contributed by atoms with Gasteiger partial charge in [-0.15, -0.1) is 0 Å². The van der Waals surface area contributed by atoms with Gasteiger partial charge < -0.3 is 9.47 Å². The zero-order valence-corrected chi connectivity index (χ0v) is 25.2. The molecule has 0 radical (unpaired) electrons. The van der Waals surface area contributed by atoms with Gasteiger partial charge in [0.15, 0.2) is 5.75 Å². The molecule has 0 atom stereocenters. The van der Waals surface area contributed by atoms with Crippen LogP contribution in [0.3, 0.4) is 0 Å². The lowest BCUT2D eigenvalue weighted by atomic mass is 9.95. The maximum Gasteiger partial charge on any atom is 0.315 e. The van der Waals surface area contributed by atoms with Gasteiger partial charge >= 0.3 is 5.69 Å². The Morgan fingerprint density at radius 2 is 1.88 bits per heavy atom. The summed E-state index contributed by atoms with van der Waals surface area (Å²) >= 11 is 15.6. The van der Waals surface area contributed by atoms with Crippen LogP contribution in [-0.4, -0.2) is 27.4 Å². The number of fused-ring (bicyclic) bond motifs is 1. The van der Waals surface area contributed by atoms with E-state index in [2.05, 4.69) is 26.0 Å². The summed E-state index contributed by atoms with van der Waals surface area (Å²) < 4.78 is 13.5. The van der Waals surface area contributed by atoms with E-state index < -0.39 is 10.3 Å². The van der Waals surface area contributed by atoms with Crippen molar-refractivity contribution in [2.24, 2.45) is 5.10 Å². The Bertz CT molecular complexity index is 1700. The van der Waals surface area contributed by atoms with Crippen molar-refractivity contribution in [1.29, 1.82) is 0 Å². The first-order valence-electron chi connectivity index (χ1n) is 12.2. The lowest BCUT2D eigenvalue weighted by Crippen LogP contribution is -2.29. The van der Waals surface area contributed by atoms with Crippen molar-refractivity contribution >= 4 is 61.9 Å². The number of nitro groups is 1. The second kappa shape index (κ2) is 12.0. The first-order valence-corrected chi connectivity index (χ1v) is 13.7. The predicted molar refractivity (Wildman–Crippen MR) is 160 cm³/mol. The number of hydrogen-bond donors (Lipinski definition) is 0. The number of halogens is 3. The molecule has 12 heteroatoms. The van der Waals surface area contributed by atoms with E-state index in [0.717, 1.165) is 4.47 Å². The lowest BCUT2D eigenvalue weighted by Gasteiger charge is -2.21. The fraction of sp³-hybridized carbons (Fsp3) is 0.250. The average Bonchev–Trinajstić information content (AvgIpc) is 2.87. The van der Waals surface area contributed by atoms with Crippen LogP contribution in [-0.2, 0) is 12.0 Å². The second-order valence-electron chi connectivity index (χ2n) is 9.79. The fourth-order valence-electron chi connectivity index (χ4n) is 3.88. The summed E-state index contributed by atoms with van der Waals surface area (Å²) in [7, 11) is 0. The zero-order valence-electron chi connectivity index (χ0n) is 22.1. The molecule has 1 heterocycles. The van der Waals surface area contributed by atoms with Crippen LogP contribution in [0.4, 0.5) is 5.69 Å². The Labute approximate surface area is 248 Å². The Balaban J connectivity index is 1.80. The van der Waals surface area contributed by atoms with Crippen molar-refractivity contribution < 1.29 is 14.4 Å². The van der Waals surface area contributed by atoms with E-state index in [9.17, 15) is 14.9 Å². The van der Waals surface area contributed by atoms with Gasteiger partial charge in [-0.2, -0.15) is 9.78 Å². The number of rotatable bonds is 8. The van der Waals surface area contributed by atoms with Crippen molar-refractivity contribution in [3.63, 3.8) is 0 Å². The van der Waals surface area contributed by atoms with E-state index >= 15 is 0 Å². The molecule has 3 aromatic carbocycles. The number of ether oxygens (including phenoxy) is 2. The summed E-state index contributed by atoms with van der Waals surface area (Å²) in [6.07, 6.45) is 1.36. The number of nitrogens with zero attached hydrogens (tertiary/aromatic N) is 4. The highest BCUT2D eigenvalue weighted by Gasteiger charge is 2.25. The third kappa shape index (κ3) is 6.46. The van der Waals surface area contributed by atoms with E-state index in [-0.39, 0.29) is 36.0 Å². The van der Waals surface area contributed by atoms with E-state index in [1.807, 2.05) is 26.8 Å².